The molecule has 0 saturated carbocycles. The van der Waals surface area contributed by atoms with Crippen LogP contribution in [0.15, 0.2) is 27.8 Å². The Labute approximate surface area is 156 Å². The number of nitrogens with one attached hydrogen (secondary N) is 1. The fourth-order valence-corrected chi connectivity index (χ4v) is 2.64. The topological polar surface area (TPSA) is 50.0 Å². The van der Waals surface area contributed by atoms with Crippen molar-refractivity contribution in [3.05, 3.63) is 24.2 Å². The Bertz CT molecular complexity index is 460. The van der Waals surface area contributed by atoms with E-state index in [1.54, 1.807) is 6.26 Å². The summed E-state index contributed by atoms with van der Waals surface area (Å²) in [5.41, 5.74) is 0.391. The Hall–Kier alpha value is -0.760. The number of halogens is 1. The molecule has 1 aromatic heterocycles. The summed E-state index contributed by atoms with van der Waals surface area (Å²) in [5.74, 6) is 1.91. The minimum absolute atomic E-state index is 0. The van der Waals surface area contributed by atoms with Gasteiger partial charge in [-0.2, -0.15) is 0 Å². The van der Waals surface area contributed by atoms with E-state index in [1.165, 1.54) is 6.42 Å². The SMILES string of the molecule is CCNC(=NCCCOCc1ccco1)N1CCC(C)(C)C1.I. The molecule has 0 spiro atoms. The summed E-state index contributed by atoms with van der Waals surface area (Å²) >= 11 is 0. The van der Waals surface area contributed by atoms with Crippen LogP contribution in [0.25, 0.3) is 0 Å². The van der Waals surface area contributed by atoms with Gasteiger partial charge in [0.2, 0.25) is 0 Å². The number of ether oxygens (including phenoxy) is 1. The Kier molecular flexibility index (Phi) is 8.98. The van der Waals surface area contributed by atoms with Crippen LogP contribution in [0.1, 0.15) is 39.4 Å². The largest absolute Gasteiger partial charge is 0.467 e. The molecule has 23 heavy (non-hydrogen) atoms. The zero-order chi connectivity index (χ0) is 15.8. The first-order valence-corrected chi connectivity index (χ1v) is 8.24. The van der Waals surface area contributed by atoms with Gasteiger partial charge < -0.3 is 19.4 Å². The number of rotatable bonds is 7. The highest BCUT2D eigenvalue weighted by Gasteiger charge is 2.30. The molecule has 0 amide bonds. The highest BCUT2D eigenvalue weighted by Crippen LogP contribution is 2.28. The third-order valence-electron chi connectivity index (χ3n) is 3.84. The summed E-state index contributed by atoms with van der Waals surface area (Å²) in [6.07, 6.45) is 3.82. The lowest BCUT2D eigenvalue weighted by Crippen LogP contribution is -2.40. The Morgan fingerprint density at radius 2 is 2.30 bits per heavy atom. The van der Waals surface area contributed by atoms with Crippen molar-refractivity contribution >= 4 is 29.9 Å². The molecule has 2 heterocycles. The van der Waals surface area contributed by atoms with E-state index >= 15 is 0 Å². The maximum absolute atomic E-state index is 5.58. The van der Waals surface area contributed by atoms with Gasteiger partial charge in [0.05, 0.1) is 6.26 Å². The van der Waals surface area contributed by atoms with Crippen LogP contribution in [0.2, 0.25) is 0 Å². The zero-order valence-electron chi connectivity index (χ0n) is 14.5. The van der Waals surface area contributed by atoms with Gasteiger partial charge in [-0.15, -0.1) is 24.0 Å². The summed E-state index contributed by atoms with van der Waals surface area (Å²) in [6.45, 7) is 11.9. The van der Waals surface area contributed by atoms with E-state index in [1.807, 2.05) is 12.1 Å². The predicted octanol–water partition coefficient (Wildman–Crippen LogP) is 3.50. The van der Waals surface area contributed by atoms with Gasteiger partial charge in [-0.3, -0.25) is 4.99 Å². The second-order valence-corrected chi connectivity index (χ2v) is 6.56. The van der Waals surface area contributed by atoms with Crippen molar-refractivity contribution in [1.29, 1.82) is 0 Å². The standard InChI is InChI=1S/C17H29N3O2.HI/c1-4-18-16(20-10-8-17(2,3)14-20)19-9-6-11-21-13-15-7-5-12-22-15;/h5,7,12H,4,6,8-11,13-14H2,1-3H3,(H,18,19);1H. The first-order valence-electron chi connectivity index (χ1n) is 8.24. The van der Waals surface area contributed by atoms with Crippen molar-refractivity contribution in [2.45, 2.75) is 40.2 Å². The van der Waals surface area contributed by atoms with Crippen molar-refractivity contribution in [2.24, 2.45) is 10.4 Å². The highest BCUT2D eigenvalue weighted by atomic mass is 127. The van der Waals surface area contributed by atoms with Gasteiger partial charge in [0.1, 0.15) is 12.4 Å². The van der Waals surface area contributed by atoms with E-state index in [0.717, 1.165) is 44.3 Å². The number of aliphatic imine (C=N–C) groups is 1. The number of nitrogens with zero attached hydrogens (tertiary/aromatic N) is 2. The molecule has 5 nitrogen and oxygen atoms in total. The molecule has 132 valence electrons. The second-order valence-electron chi connectivity index (χ2n) is 6.56. The van der Waals surface area contributed by atoms with E-state index < -0.39 is 0 Å². The molecule has 0 aromatic carbocycles. The van der Waals surface area contributed by atoms with Crippen LogP contribution < -0.4 is 5.32 Å². The van der Waals surface area contributed by atoms with E-state index in [0.29, 0.717) is 18.6 Å². The van der Waals surface area contributed by atoms with Gasteiger partial charge in [0.25, 0.3) is 0 Å². The van der Waals surface area contributed by atoms with Gasteiger partial charge in [0, 0.05) is 32.8 Å². The highest BCUT2D eigenvalue weighted by molar-refractivity contribution is 14.0. The molecule has 6 heteroatoms. The van der Waals surface area contributed by atoms with Crippen molar-refractivity contribution in [1.82, 2.24) is 10.2 Å². The van der Waals surface area contributed by atoms with Gasteiger partial charge in [-0.25, -0.2) is 0 Å². The number of furan rings is 1. The van der Waals surface area contributed by atoms with Gasteiger partial charge >= 0.3 is 0 Å². The lowest BCUT2D eigenvalue weighted by molar-refractivity contribution is 0.105. The molecule has 1 aliphatic heterocycles. The molecule has 2 rings (SSSR count). The molecule has 1 aliphatic rings. The monoisotopic (exact) mass is 435 g/mol. The molecule has 1 N–H and O–H groups in total. The average molecular weight is 435 g/mol. The third-order valence-corrected chi connectivity index (χ3v) is 3.84. The Morgan fingerprint density at radius 3 is 2.91 bits per heavy atom. The fraction of sp³-hybridized carbons (Fsp3) is 0.706. The number of guanidine groups is 1. The van der Waals surface area contributed by atoms with Crippen molar-refractivity contribution in [3.8, 4) is 0 Å². The molecule has 1 aromatic rings. The van der Waals surface area contributed by atoms with Crippen LogP contribution in [-0.4, -0.2) is 43.6 Å². The quantitative estimate of drug-likeness (QED) is 0.308. The van der Waals surface area contributed by atoms with Crippen LogP contribution in [0, 0.1) is 5.41 Å². The Morgan fingerprint density at radius 1 is 1.48 bits per heavy atom. The van der Waals surface area contributed by atoms with Crippen molar-refractivity contribution < 1.29 is 9.15 Å². The number of hydrogen-bond donors (Lipinski definition) is 1. The first kappa shape index (κ1) is 20.3. The summed E-state index contributed by atoms with van der Waals surface area (Å²) in [4.78, 5) is 7.09. The minimum Gasteiger partial charge on any atom is -0.467 e. The number of hydrogen-bond acceptors (Lipinski definition) is 3. The lowest BCUT2D eigenvalue weighted by Gasteiger charge is -2.23. The molecule has 0 bridgehead atoms. The van der Waals surface area contributed by atoms with Crippen molar-refractivity contribution in [2.75, 3.05) is 32.8 Å². The van der Waals surface area contributed by atoms with Gasteiger partial charge in [0.15, 0.2) is 5.96 Å². The third kappa shape index (κ3) is 7.12. The van der Waals surface area contributed by atoms with Gasteiger partial charge in [-0.05, 0) is 37.3 Å². The van der Waals surface area contributed by atoms with E-state index in [-0.39, 0.29) is 24.0 Å². The molecular formula is C17H30IN3O2. The summed E-state index contributed by atoms with van der Waals surface area (Å²) in [7, 11) is 0. The maximum atomic E-state index is 5.58. The molecule has 1 fully saturated rings. The maximum Gasteiger partial charge on any atom is 0.193 e. The van der Waals surface area contributed by atoms with Crippen LogP contribution in [0.4, 0.5) is 0 Å². The molecule has 0 radical (unpaired) electrons. The van der Waals surface area contributed by atoms with E-state index in [4.69, 9.17) is 14.1 Å². The minimum atomic E-state index is 0. The van der Waals surface area contributed by atoms with Crippen LogP contribution >= 0.6 is 24.0 Å². The summed E-state index contributed by atoms with van der Waals surface area (Å²) in [6, 6.07) is 3.81. The second kappa shape index (κ2) is 10.2. The Balaban J connectivity index is 0.00000264. The average Bonchev–Trinajstić information content (AvgIpc) is 3.10. The normalized spacial score (nSPS) is 17.2. The van der Waals surface area contributed by atoms with Crippen LogP contribution in [0.5, 0.6) is 0 Å². The molecule has 1 saturated heterocycles. The fourth-order valence-electron chi connectivity index (χ4n) is 2.64. The molecule has 0 unspecified atom stereocenters. The summed E-state index contributed by atoms with van der Waals surface area (Å²) < 4.78 is 10.8. The lowest BCUT2D eigenvalue weighted by atomic mass is 9.93. The van der Waals surface area contributed by atoms with Crippen molar-refractivity contribution in [3.63, 3.8) is 0 Å². The first-order chi connectivity index (χ1) is 10.6. The van der Waals surface area contributed by atoms with E-state index in [9.17, 15) is 0 Å². The predicted molar refractivity (Wildman–Crippen MR) is 104 cm³/mol. The number of likely N-dealkylation sites (tertiary alicyclic amines) is 1. The molecular weight excluding hydrogens is 405 g/mol. The molecule has 0 aliphatic carbocycles. The van der Waals surface area contributed by atoms with Crippen LogP contribution in [0.3, 0.4) is 0 Å². The van der Waals surface area contributed by atoms with Crippen LogP contribution in [-0.2, 0) is 11.3 Å². The van der Waals surface area contributed by atoms with E-state index in [2.05, 4.69) is 31.0 Å². The smallest absolute Gasteiger partial charge is 0.193 e. The zero-order valence-corrected chi connectivity index (χ0v) is 16.8. The summed E-state index contributed by atoms with van der Waals surface area (Å²) in [5, 5.41) is 3.40. The van der Waals surface area contributed by atoms with Gasteiger partial charge in [-0.1, -0.05) is 13.8 Å². The molecule has 0 atom stereocenters.